The molecule has 1 heterocycles. The third-order valence-corrected chi connectivity index (χ3v) is 2.04. The Balaban J connectivity index is 2.74. The lowest BCUT2D eigenvalue weighted by Crippen LogP contribution is -2.52. The summed E-state index contributed by atoms with van der Waals surface area (Å²) in [5, 5.41) is 2.97. The first-order valence-corrected chi connectivity index (χ1v) is 4.12. The Kier molecular flexibility index (Phi) is 1.73. The fraction of sp³-hybridized carbons (Fsp3) is 0.889. The number of carbonyl (C=O) groups excluding carboxylic acids is 1. The average Bonchev–Trinajstić information content (AvgIpc) is 1.49. The molecule has 0 aromatic rings. The summed E-state index contributed by atoms with van der Waals surface area (Å²) in [5.41, 5.74) is 0.157. The molecule has 1 fully saturated rings. The van der Waals surface area contributed by atoms with Crippen LogP contribution in [-0.4, -0.2) is 11.4 Å². The first kappa shape index (κ1) is 8.57. The lowest BCUT2D eigenvalue weighted by Gasteiger charge is -2.40. The number of carbonyl (C=O) groups is 1. The van der Waals surface area contributed by atoms with E-state index < -0.39 is 0 Å². The van der Waals surface area contributed by atoms with Gasteiger partial charge in [-0.25, -0.2) is 0 Å². The maximum Gasteiger partial charge on any atom is 0.220 e. The van der Waals surface area contributed by atoms with Gasteiger partial charge in [0.15, 0.2) is 0 Å². The van der Waals surface area contributed by atoms with Crippen LogP contribution in [0.15, 0.2) is 0 Å². The van der Waals surface area contributed by atoms with E-state index in [-0.39, 0.29) is 16.9 Å². The van der Waals surface area contributed by atoms with Gasteiger partial charge < -0.3 is 5.32 Å². The summed E-state index contributed by atoms with van der Waals surface area (Å²) in [6.07, 6.45) is 1.72. The van der Waals surface area contributed by atoms with Crippen LogP contribution < -0.4 is 5.32 Å². The van der Waals surface area contributed by atoms with Crippen LogP contribution in [0.1, 0.15) is 40.5 Å². The van der Waals surface area contributed by atoms with Crippen molar-refractivity contribution in [2.24, 2.45) is 5.41 Å². The van der Waals surface area contributed by atoms with Gasteiger partial charge in [0.05, 0.1) is 0 Å². The van der Waals surface area contributed by atoms with Gasteiger partial charge >= 0.3 is 0 Å². The fourth-order valence-corrected chi connectivity index (χ4v) is 2.16. The molecule has 1 aliphatic rings. The van der Waals surface area contributed by atoms with Crippen LogP contribution in [0.3, 0.4) is 0 Å². The smallest absolute Gasteiger partial charge is 0.220 e. The van der Waals surface area contributed by atoms with Gasteiger partial charge in [0.2, 0.25) is 5.91 Å². The summed E-state index contributed by atoms with van der Waals surface area (Å²) < 4.78 is 0. The Hall–Kier alpha value is -0.530. The van der Waals surface area contributed by atoms with Gasteiger partial charge in [-0.1, -0.05) is 13.8 Å². The minimum atomic E-state index is -0.0150. The van der Waals surface area contributed by atoms with E-state index >= 15 is 0 Å². The van der Waals surface area contributed by atoms with Crippen LogP contribution in [0, 0.1) is 5.41 Å². The van der Waals surface area contributed by atoms with E-state index in [4.69, 9.17) is 0 Å². The summed E-state index contributed by atoms with van der Waals surface area (Å²) in [4.78, 5) is 11.2. The zero-order valence-electron chi connectivity index (χ0n) is 7.82. The van der Waals surface area contributed by atoms with Crippen molar-refractivity contribution in [3.05, 3.63) is 0 Å². The second-order valence-electron chi connectivity index (χ2n) is 4.95. The first-order chi connectivity index (χ1) is 4.81. The van der Waals surface area contributed by atoms with Gasteiger partial charge in [0.1, 0.15) is 0 Å². The first-order valence-electron chi connectivity index (χ1n) is 4.12. The molecule has 1 aliphatic heterocycles. The summed E-state index contributed by atoms with van der Waals surface area (Å²) >= 11 is 0. The quantitative estimate of drug-likeness (QED) is 0.567. The second-order valence-corrected chi connectivity index (χ2v) is 4.95. The molecule has 2 heteroatoms. The molecule has 0 aromatic heterocycles. The molecule has 1 N–H and O–H groups in total. The van der Waals surface area contributed by atoms with Crippen LogP contribution in [-0.2, 0) is 4.79 Å². The molecule has 0 atom stereocenters. The zero-order valence-corrected chi connectivity index (χ0v) is 7.82. The molecule has 0 aromatic carbocycles. The normalized spacial score (nSPS) is 27.8. The van der Waals surface area contributed by atoms with Crippen molar-refractivity contribution >= 4 is 5.91 Å². The molecule has 11 heavy (non-hydrogen) atoms. The molecule has 1 saturated heterocycles. The predicted octanol–water partition coefficient (Wildman–Crippen LogP) is 1.70. The number of hydrogen-bond donors (Lipinski definition) is 1. The van der Waals surface area contributed by atoms with Gasteiger partial charge in [0, 0.05) is 12.0 Å². The highest BCUT2D eigenvalue weighted by Crippen LogP contribution is 2.34. The van der Waals surface area contributed by atoms with E-state index in [1.54, 1.807) is 0 Å². The summed E-state index contributed by atoms with van der Waals surface area (Å²) in [5.74, 6) is 0.186. The van der Waals surface area contributed by atoms with Crippen LogP contribution in [0.25, 0.3) is 0 Å². The third-order valence-electron chi connectivity index (χ3n) is 2.04. The van der Waals surface area contributed by atoms with Gasteiger partial charge in [-0.15, -0.1) is 0 Å². The number of piperidine rings is 1. The maximum absolute atomic E-state index is 11.2. The zero-order chi connectivity index (χ0) is 8.70. The minimum absolute atomic E-state index is 0.0150. The molecule has 1 amide bonds. The third kappa shape index (κ3) is 2.21. The van der Waals surface area contributed by atoms with Crippen molar-refractivity contribution in [2.45, 2.75) is 46.1 Å². The number of hydrogen-bond acceptors (Lipinski definition) is 1. The summed E-state index contributed by atoms with van der Waals surface area (Å²) in [7, 11) is 0. The molecule has 0 spiro atoms. The largest absolute Gasteiger partial charge is 0.351 e. The average molecular weight is 155 g/mol. The molecule has 0 radical (unpaired) electrons. The van der Waals surface area contributed by atoms with Crippen molar-refractivity contribution in [3.63, 3.8) is 0 Å². The van der Waals surface area contributed by atoms with E-state index in [0.717, 1.165) is 6.42 Å². The van der Waals surface area contributed by atoms with Crippen molar-refractivity contribution < 1.29 is 4.79 Å². The Bertz CT molecular complexity index is 164. The lowest BCUT2D eigenvalue weighted by atomic mass is 9.74. The van der Waals surface area contributed by atoms with Crippen molar-refractivity contribution in [1.29, 1.82) is 0 Å². The number of rotatable bonds is 0. The number of amides is 1. The highest BCUT2D eigenvalue weighted by molar-refractivity contribution is 5.78. The molecular weight excluding hydrogens is 138 g/mol. The monoisotopic (exact) mass is 155 g/mol. The van der Waals surface area contributed by atoms with Crippen LogP contribution >= 0.6 is 0 Å². The fourth-order valence-electron chi connectivity index (χ4n) is 2.16. The Labute approximate surface area is 68.4 Å². The molecule has 0 unspecified atom stereocenters. The molecule has 2 nitrogen and oxygen atoms in total. The maximum atomic E-state index is 11.2. The summed E-state index contributed by atoms with van der Waals surface area (Å²) in [6, 6.07) is 0. The molecule has 0 aliphatic carbocycles. The van der Waals surface area contributed by atoms with E-state index in [1.807, 2.05) is 0 Å². The second kappa shape index (κ2) is 2.23. The summed E-state index contributed by atoms with van der Waals surface area (Å²) in [6.45, 7) is 8.44. The number of nitrogens with one attached hydrogen (secondary N) is 1. The minimum Gasteiger partial charge on any atom is -0.351 e. The van der Waals surface area contributed by atoms with Crippen LogP contribution in [0.2, 0.25) is 0 Å². The van der Waals surface area contributed by atoms with Crippen LogP contribution in [0.4, 0.5) is 0 Å². The van der Waals surface area contributed by atoms with Gasteiger partial charge in [-0.2, -0.15) is 0 Å². The molecule has 64 valence electrons. The van der Waals surface area contributed by atoms with Crippen molar-refractivity contribution in [3.8, 4) is 0 Å². The van der Waals surface area contributed by atoms with Crippen LogP contribution in [0.5, 0.6) is 0 Å². The lowest BCUT2D eigenvalue weighted by molar-refractivity contribution is -0.128. The SMILES string of the molecule is CC1(C)CC(=O)NC(C)(C)C1. The van der Waals surface area contributed by atoms with Gasteiger partial charge in [-0.3, -0.25) is 4.79 Å². The molecule has 1 rings (SSSR count). The molecule has 0 bridgehead atoms. The van der Waals surface area contributed by atoms with E-state index in [2.05, 4.69) is 33.0 Å². The Morgan fingerprint density at radius 2 is 1.82 bits per heavy atom. The van der Waals surface area contributed by atoms with E-state index in [9.17, 15) is 4.79 Å². The predicted molar refractivity (Wildman–Crippen MR) is 45.2 cm³/mol. The topological polar surface area (TPSA) is 29.1 Å². The highest BCUT2D eigenvalue weighted by Gasteiger charge is 2.36. The standard InChI is InChI=1S/C9H17NO/c1-8(2)5-7(11)10-9(3,4)6-8/h5-6H2,1-4H3,(H,10,11). The van der Waals surface area contributed by atoms with Gasteiger partial charge in [0.25, 0.3) is 0 Å². The highest BCUT2D eigenvalue weighted by atomic mass is 16.1. The van der Waals surface area contributed by atoms with Crippen molar-refractivity contribution in [2.75, 3.05) is 0 Å². The van der Waals surface area contributed by atoms with Gasteiger partial charge in [-0.05, 0) is 25.7 Å². The molecular formula is C9H17NO. The van der Waals surface area contributed by atoms with Crippen molar-refractivity contribution in [1.82, 2.24) is 5.32 Å². The Morgan fingerprint density at radius 1 is 1.27 bits per heavy atom. The van der Waals surface area contributed by atoms with E-state index in [1.165, 1.54) is 0 Å². The van der Waals surface area contributed by atoms with E-state index in [0.29, 0.717) is 6.42 Å². The Morgan fingerprint density at radius 3 is 2.18 bits per heavy atom. The molecule has 0 saturated carbocycles.